The lowest BCUT2D eigenvalue weighted by Crippen LogP contribution is -1.83. The van der Waals surface area contributed by atoms with Gasteiger partial charge < -0.3 is 0 Å². The molecule has 0 unspecified atom stereocenters. The number of benzene rings is 2. The predicted octanol–water partition coefficient (Wildman–Crippen LogP) is 4.12. The monoisotopic (exact) mass is 201 g/mol. The van der Waals surface area contributed by atoms with Crippen molar-refractivity contribution in [3.8, 4) is 11.1 Å². The second kappa shape index (κ2) is 3.85. The van der Waals surface area contributed by atoms with Gasteiger partial charge in [-0.3, -0.25) is 0 Å². The largest absolute Gasteiger partial charge is 0.0837 e. The summed E-state index contributed by atoms with van der Waals surface area (Å²) >= 11 is 6.12. The molecular formula is C13H10Cl. The fourth-order valence-electron chi connectivity index (χ4n) is 1.50. The zero-order valence-corrected chi connectivity index (χ0v) is 8.68. The Labute approximate surface area is 89.2 Å². The van der Waals surface area contributed by atoms with Gasteiger partial charge in [-0.05, 0) is 30.2 Å². The third kappa shape index (κ3) is 1.66. The minimum Gasteiger partial charge on any atom is -0.0837 e. The van der Waals surface area contributed by atoms with E-state index in [2.05, 4.69) is 13.0 Å². The molecule has 0 aromatic heterocycles. The zero-order chi connectivity index (χ0) is 9.97. The average Bonchev–Trinajstić information content (AvgIpc) is 2.20. The second-order valence-corrected chi connectivity index (χ2v) is 3.63. The highest BCUT2D eigenvalue weighted by atomic mass is 35.5. The molecule has 0 saturated heterocycles. The van der Waals surface area contributed by atoms with Gasteiger partial charge in [0.05, 0.1) is 0 Å². The van der Waals surface area contributed by atoms with Crippen molar-refractivity contribution >= 4 is 11.6 Å². The molecule has 14 heavy (non-hydrogen) atoms. The van der Waals surface area contributed by atoms with Crippen molar-refractivity contribution in [3.63, 3.8) is 0 Å². The van der Waals surface area contributed by atoms with Gasteiger partial charge in [0, 0.05) is 10.6 Å². The molecule has 0 aliphatic heterocycles. The van der Waals surface area contributed by atoms with E-state index < -0.39 is 0 Å². The molecule has 0 atom stereocenters. The quantitative estimate of drug-likeness (QED) is 0.651. The Bertz CT molecular complexity index is 403. The molecule has 0 bridgehead atoms. The van der Waals surface area contributed by atoms with Gasteiger partial charge in [0.2, 0.25) is 0 Å². The molecule has 1 radical (unpaired) electrons. The predicted molar refractivity (Wildman–Crippen MR) is 60.5 cm³/mol. The van der Waals surface area contributed by atoms with Gasteiger partial charge in [-0.2, -0.15) is 0 Å². The third-order valence-electron chi connectivity index (χ3n) is 2.23. The number of hydrogen-bond acceptors (Lipinski definition) is 0. The van der Waals surface area contributed by atoms with E-state index in [1.54, 1.807) is 0 Å². The Morgan fingerprint density at radius 1 is 1.07 bits per heavy atom. The van der Waals surface area contributed by atoms with Crippen LogP contribution in [0.5, 0.6) is 0 Å². The molecular weight excluding hydrogens is 192 g/mol. The van der Waals surface area contributed by atoms with Crippen LogP contribution < -0.4 is 0 Å². The third-order valence-corrected chi connectivity index (χ3v) is 2.56. The Balaban J connectivity index is 2.61. The summed E-state index contributed by atoms with van der Waals surface area (Å²) < 4.78 is 0. The Kier molecular flexibility index (Phi) is 2.55. The normalized spacial score (nSPS) is 10.1. The van der Waals surface area contributed by atoms with Gasteiger partial charge in [0.1, 0.15) is 0 Å². The Morgan fingerprint density at radius 2 is 1.86 bits per heavy atom. The first kappa shape index (κ1) is 9.29. The van der Waals surface area contributed by atoms with Crippen LogP contribution in [0.4, 0.5) is 0 Å². The molecule has 0 saturated carbocycles. The molecule has 0 aliphatic carbocycles. The molecule has 0 fully saturated rings. The van der Waals surface area contributed by atoms with Crippen molar-refractivity contribution in [1.29, 1.82) is 0 Å². The summed E-state index contributed by atoms with van der Waals surface area (Å²) in [5, 5.41) is 0.793. The lowest BCUT2D eigenvalue weighted by atomic mass is 10.0. The summed E-state index contributed by atoms with van der Waals surface area (Å²) in [5.74, 6) is 0. The Hall–Kier alpha value is -1.27. The molecule has 0 heterocycles. The van der Waals surface area contributed by atoms with Crippen LogP contribution in [0.2, 0.25) is 5.02 Å². The van der Waals surface area contributed by atoms with Crippen LogP contribution in [0.25, 0.3) is 11.1 Å². The smallest absolute Gasteiger partial charge is 0.0484 e. The van der Waals surface area contributed by atoms with Crippen LogP contribution >= 0.6 is 11.6 Å². The van der Waals surface area contributed by atoms with Crippen LogP contribution in [-0.4, -0.2) is 0 Å². The van der Waals surface area contributed by atoms with Gasteiger partial charge in [-0.25, -0.2) is 0 Å². The summed E-state index contributed by atoms with van der Waals surface area (Å²) in [5.41, 5.74) is 3.45. The van der Waals surface area contributed by atoms with Crippen molar-refractivity contribution in [1.82, 2.24) is 0 Å². The summed E-state index contributed by atoms with van der Waals surface area (Å²) in [6.45, 7) is 2.06. The summed E-state index contributed by atoms with van der Waals surface area (Å²) in [6, 6.07) is 16.8. The molecule has 2 rings (SSSR count). The lowest BCUT2D eigenvalue weighted by molar-refractivity contribution is 1.45. The maximum Gasteiger partial charge on any atom is 0.0484 e. The summed E-state index contributed by atoms with van der Waals surface area (Å²) in [7, 11) is 0. The van der Waals surface area contributed by atoms with E-state index in [0.717, 1.165) is 10.6 Å². The molecule has 0 aliphatic rings. The highest BCUT2D eigenvalue weighted by molar-refractivity contribution is 6.33. The van der Waals surface area contributed by atoms with E-state index in [1.165, 1.54) is 11.1 Å². The highest BCUT2D eigenvalue weighted by Crippen LogP contribution is 2.29. The van der Waals surface area contributed by atoms with Gasteiger partial charge in [-0.15, -0.1) is 0 Å². The van der Waals surface area contributed by atoms with Gasteiger partial charge >= 0.3 is 0 Å². The van der Waals surface area contributed by atoms with Gasteiger partial charge in [0.25, 0.3) is 0 Å². The van der Waals surface area contributed by atoms with Crippen LogP contribution in [-0.2, 0) is 0 Å². The first-order chi connectivity index (χ1) is 6.79. The fraction of sp³-hybridized carbons (Fsp3) is 0.0769. The average molecular weight is 202 g/mol. The van der Waals surface area contributed by atoms with E-state index in [-0.39, 0.29) is 0 Å². The van der Waals surface area contributed by atoms with Crippen LogP contribution in [0, 0.1) is 13.0 Å². The van der Waals surface area contributed by atoms with Crippen molar-refractivity contribution in [2.45, 2.75) is 6.92 Å². The van der Waals surface area contributed by atoms with E-state index in [0.29, 0.717) is 0 Å². The number of hydrogen-bond donors (Lipinski definition) is 0. The molecule has 1 heteroatoms. The Morgan fingerprint density at radius 3 is 2.57 bits per heavy atom. The highest BCUT2D eigenvalue weighted by Gasteiger charge is 2.03. The maximum absolute atomic E-state index is 6.12. The van der Waals surface area contributed by atoms with Gasteiger partial charge in [-0.1, -0.05) is 48.0 Å². The molecule has 2 aromatic rings. The molecule has 69 valence electrons. The second-order valence-electron chi connectivity index (χ2n) is 3.22. The summed E-state index contributed by atoms with van der Waals surface area (Å²) in [6.07, 6.45) is 0. The molecule has 2 aromatic carbocycles. The van der Waals surface area contributed by atoms with Crippen LogP contribution in [0.15, 0.2) is 42.5 Å². The topological polar surface area (TPSA) is 0 Å². The minimum atomic E-state index is 0.793. The van der Waals surface area contributed by atoms with Gasteiger partial charge in [0.15, 0.2) is 0 Å². The van der Waals surface area contributed by atoms with E-state index in [1.807, 2.05) is 42.5 Å². The van der Waals surface area contributed by atoms with Crippen LogP contribution in [0.1, 0.15) is 5.56 Å². The van der Waals surface area contributed by atoms with Crippen molar-refractivity contribution in [2.75, 3.05) is 0 Å². The van der Waals surface area contributed by atoms with Crippen molar-refractivity contribution < 1.29 is 0 Å². The molecule has 0 nitrogen and oxygen atoms in total. The summed E-state index contributed by atoms with van der Waals surface area (Å²) in [4.78, 5) is 0. The number of rotatable bonds is 1. The minimum absolute atomic E-state index is 0.793. The van der Waals surface area contributed by atoms with Crippen molar-refractivity contribution in [3.05, 3.63) is 59.1 Å². The number of aryl methyl sites for hydroxylation is 1. The molecule has 0 N–H and O–H groups in total. The van der Waals surface area contributed by atoms with E-state index in [9.17, 15) is 0 Å². The fourth-order valence-corrected chi connectivity index (χ4v) is 1.73. The standard InChI is InChI=1S/C13H10Cl/c1-10-6-2-3-7-11(10)12-8-4-5-9-13(12)14/h3-9H,1H3. The number of halogens is 1. The first-order valence-electron chi connectivity index (χ1n) is 4.50. The molecule has 0 amide bonds. The van der Waals surface area contributed by atoms with Crippen molar-refractivity contribution in [2.24, 2.45) is 0 Å². The van der Waals surface area contributed by atoms with E-state index >= 15 is 0 Å². The zero-order valence-electron chi connectivity index (χ0n) is 7.92. The first-order valence-corrected chi connectivity index (χ1v) is 4.88. The lowest BCUT2D eigenvalue weighted by Gasteiger charge is -2.06. The van der Waals surface area contributed by atoms with E-state index in [4.69, 9.17) is 11.6 Å². The SMILES string of the molecule is Cc1c[c]ccc1-c1ccccc1Cl. The maximum atomic E-state index is 6.12. The molecule has 0 spiro atoms. The van der Waals surface area contributed by atoms with Crippen LogP contribution in [0.3, 0.4) is 0 Å².